The van der Waals surface area contributed by atoms with E-state index in [2.05, 4.69) is 5.32 Å². The van der Waals surface area contributed by atoms with Gasteiger partial charge in [0.1, 0.15) is 11.8 Å². The minimum absolute atomic E-state index is 0.255. The Morgan fingerprint density at radius 1 is 1.21 bits per heavy atom. The summed E-state index contributed by atoms with van der Waals surface area (Å²) in [5.74, 6) is 0.645. The highest BCUT2D eigenvalue weighted by atomic mass is 35.5. The molecule has 0 aromatic heterocycles. The third-order valence-electron chi connectivity index (χ3n) is 3.96. The van der Waals surface area contributed by atoms with Crippen molar-refractivity contribution in [2.45, 2.75) is 17.9 Å². The molecule has 0 heterocycles. The Morgan fingerprint density at radius 2 is 1.86 bits per heavy atom. The third kappa shape index (κ3) is 6.70. The highest BCUT2D eigenvalue weighted by Crippen LogP contribution is 2.31. The lowest BCUT2D eigenvalue weighted by Gasteiger charge is -2.28. The third-order valence-corrected chi connectivity index (χ3v) is 6.76. The number of carbonyl (C=O) groups is 1. The molecule has 29 heavy (non-hydrogen) atoms. The predicted molar refractivity (Wildman–Crippen MR) is 120 cm³/mol. The molecule has 6 nitrogen and oxygen atoms in total. The number of amides is 1. The summed E-state index contributed by atoms with van der Waals surface area (Å²) in [6.45, 7) is 1.91. The number of benzene rings is 2. The molecule has 2 aromatic rings. The second kappa shape index (κ2) is 10.4. The van der Waals surface area contributed by atoms with Crippen LogP contribution in [-0.2, 0) is 14.8 Å². The van der Waals surface area contributed by atoms with Gasteiger partial charge in [-0.2, -0.15) is 0 Å². The Morgan fingerprint density at radius 3 is 2.41 bits per heavy atom. The van der Waals surface area contributed by atoms with Crippen LogP contribution in [0.5, 0.6) is 5.75 Å². The molecule has 0 aliphatic rings. The number of carbonyl (C=O) groups excluding carboxylic acids is 1. The number of rotatable bonds is 9. The maximum absolute atomic E-state index is 12.6. The van der Waals surface area contributed by atoms with Gasteiger partial charge in [-0.15, -0.1) is 11.8 Å². The summed E-state index contributed by atoms with van der Waals surface area (Å²) < 4.78 is 30.8. The molecule has 0 spiro atoms. The van der Waals surface area contributed by atoms with E-state index in [1.807, 2.05) is 12.1 Å². The van der Waals surface area contributed by atoms with Gasteiger partial charge in [0.25, 0.3) is 0 Å². The van der Waals surface area contributed by atoms with Crippen molar-refractivity contribution in [3.05, 3.63) is 52.5 Å². The van der Waals surface area contributed by atoms with Crippen molar-refractivity contribution < 1.29 is 17.9 Å². The summed E-state index contributed by atoms with van der Waals surface area (Å²) in [5.41, 5.74) is 0.288. The Bertz CT molecular complexity index is 953. The van der Waals surface area contributed by atoms with Gasteiger partial charge >= 0.3 is 0 Å². The van der Waals surface area contributed by atoms with E-state index >= 15 is 0 Å². The van der Waals surface area contributed by atoms with Crippen molar-refractivity contribution in [1.82, 2.24) is 5.32 Å². The predicted octanol–water partition coefficient (Wildman–Crippen LogP) is 4.07. The molecule has 0 unspecified atom stereocenters. The van der Waals surface area contributed by atoms with Crippen LogP contribution in [0.4, 0.5) is 5.69 Å². The highest BCUT2D eigenvalue weighted by Gasteiger charge is 2.29. The van der Waals surface area contributed by atoms with Crippen molar-refractivity contribution in [2.24, 2.45) is 0 Å². The van der Waals surface area contributed by atoms with E-state index in [0.717, 1.165) is 15.5 Å². The average molecular weight is 477 g/mol. The number of hydrogen-bond acceptors (Lipinski definition) is 5. The summed E-state index contributed by atoms with van der Waals surface area (Å²) in [5, 5.41) is 3.69. The first-order valence-electron chi connectivity index (χ1n) is 8.62. The van der Waals surface area contributed by atoms with Crippen LogP contribution < -0.4 is 14.4 Å². The first kappa shape index (κ1) is 23.7. The maximum atomic E-state index is 12.6. The summed E-state index contributed by atoms with van der Waals surface area (Å²) in [7, 11) is -2.26. The summed E-state index contributed by atoms with van der Waals surface area (Å²) >= 11 is 13.5. The zero-order valence-electron chi connectivity index (χ0n) is 16.2. The van der Waals surface area contributed by atoms with E-state index in [9.17, 15) is 13.2 Å². The standard InChI is InChI=1S/C19H22Cl2N2O4S2/c1-13(19(24)22-10-11-28-16-7-4-14(20)5-8-16)23(29(3,25)26)15-6-9-18(27-2)17(21)12-15/h4-9,12-13H,10-11H2,1-3H3,(H,22,24)/t13-/m0/s1. The van der Waals surface area contributed by atoms with Crippen LogP contribution >= 0.6 is 35.0 Å². The quantitative estimate of drug-likeness (QED) is 0.436. The van der Waals surface area contributed by atoms with E-state index in [-0.39, 0.29) is 10.7 Å². The van der Waals surface area contributed by atoms with E-state index in [4.69, 9.17) is 27.9 Å². The fraction of sp³-hybridized carbons (Fsp3) is 0.316. The van der Waals surface area contributed by atoms with Crippen molar-refractivity contribution in [3.63, 3.8) is 0 Å². The highest BCUT2D eigenvalue weighted by molar-refractivity contribution is 7.99. The molecule has 0 radical (unpaired) electrons. The molecule has 0 aliphatic heterocycles. The smallest absolute Gasteiger partial charge is 0.243 e. The molecule has 10 heteroatoms. The van der Waals surface area contributed by atoms with Crippen LogP contribution in [-0.4, -0.2) is 46.0 Å². The van der Waals surface area contributed by atoms with Crippen LogP contribution in [0.15, 0.2) is 47.4 Å². The fourth-order valence-corrected chi connectivity index (χ4v) is 4.94. The normalized spacial score (nSPS) is 12.3. The van der Waals surface area contributed by atoms with Crippen LogP contribution in [0.25, 0.3) is 0 Å². The molecular formula is C19H22Cl2N2O4S2. The van der Waals surface area contributed by atoms with Gasteiger partial charge in [-0.1, -0.05) is 23.2 Å². The summed E-state index contributed by atoms with van der Waals surface area (Å²) in [4.78, 5) is 13.6. The summed E-state index contributed by atoms with van der Waals surface area (Å²) in [6, 6.07) is 11.0. The number of anilines is 1. The molecule has 0 fully saturated rings. The first-order valence-corrected chi connectivity index (χ1v) is 12.2. The van der Waals surface area contributed by atoms with E-state index in [0.29, 0.717) is 23.1 Å². The average Bonchev–Trinajstić information content (AvgIpc) is 2.65. The SMILES string of the molecule is COc1ccc(N([C@@H](C)C(=O)NCCSc2ccc(Cl)cc2)S(C)(=O)=O)cc1Cl. The number of ether oxygens (including phenoxy) is 1. The van der Waals surface area contributed by atoms with Gasteiger partial charge in [0.2, 0.25) is 15.9 Å². The Hall–Kier alpha value is -1.61. The lowest BCUT2D eigenvalue weighted by Crippen LogP contribution is -2.48. The minimum Gasteiger partial charge on any atom is -0.495 e. The van der Waals surface area contributed by atoms with Crippen LogP contribution in [0, 0.1) is 0 Å². The van der Waals surface area contributed by atoms with Gasteiger partial charge in [0.15, 0.2) is 0 Å². The number of sulfonamides is 1. The van der Waals surface area contributed by atoms with Gasteiger partial charge in [-0.25, -0.2) is 8.42 Å². The molecule has 1 amide bonds. The second-order valence-electron chi connectivity index (χ2n) is 6.15. The maximum Gasteiger partial charge on any atom is 0.243 e. The molecule has 158 valence electrons. The largest absolute Gasteiger partial charge is 0.495 e. The molecule has 0 saturated carbocycles. The number of nitrogens with zero attached hydrogens (tertiary/aromatic N) is 1. The van der Waals surface area contributed by atoms with Crippen molar-refractivity contribution in [2.75, 3.05) is 30.0 Å². The molecule has 0 bridgehead atoms. The number of methoxy groups -OCH3 is 1. The molecule has 2 aromatic carbocycles. The lowest BCUT2D eigenvalue weighted by atomic mass is 10.2. The zero-order valence-corrected chi connectivity index (χ0v) is 19.3. The van der Waals surface area contributed by atoms with Gasteiger partial charge in [-0.3, -0.25) is 9.10 Å². The Balaban J connectivity index is 2.03. The van der Waals surface area contributed by atoms with Gasteiger partial charge < -0.3 is 10.1 Å². The number of hydrogen-bond donors (Lipinski definition) is 1. The van der Waals surface area contributed by atoms with Crippen molar-refractivity contribution in [3.8, 4) is 5.75 Å². The van der Waals surface area contributed by atoms with Gasteiger partial charge in [0, 0.05) is 22.2 Å². The van der Waals surface area contributed by atoms with Crippen LogP contribution in [0.2, 0.25) is 10.0 Å². The molecular weight excluding hydrogens is 455 g/mol. The lowest BCUT2D eigenvalue weighted by molar-refractivity contribution is -0.121. The first-order chi connectivity index (χ1) is 13.6. The monoisotopic (exact) mass is 476 g/mol. The van der Waals surface area contributed by atoms with Gasteiger partial charge in [-0.05, 0) is 49.4 Å². The molecule has 0 saturated heterocycles. The fourth-order valence-electron chi connectivity index (χ4n) is 2.62. The summed E-state index contributed by atoms with van der Waals surface area (Å²) in [6.07, 6.45) is 1.05. The minimum atomic E-state index is -3.72. The molecule has 1 N–H and O–H groups in total. The zero-order chi connectivity index (χ0) is 21.6. The number of halogens is 2. The molecule has 1 atom stereocenters. The van der Waals surface area contributed by atoms with Gasteiger partial charge in [0.05, 0.1) is 24.1 Å². The Labute approximate surface area is 185 Å². The van der Waals surface area contributed by atoms with Crippen LogP contribution in [0.1, 0.15) is 6.92 Å². The molecule has 0 aliphatic carbocycles. The van der Waals surface area contributed by atoms with E-state index in [1.54, 1.807) is 36.0 Å². The topological polar surface area (TPSA) is 75.7 Å². The van der Waals surface area contributed by atoms with Crippen LogP contribution in [0.3, 0.4) is 0 Å². The molecule has 2 rings (SSSR count). The number of thioether (sulfide) groups is 1. The van der Waals surface area contributed by atoms with Crippen molar-refractivity contribution in [1.29, 1.82) is 0 Å². The second-order valence-corrected chi connectivity index (χ2v) is 10.0. The van der Waals surface area contributed by atoms with E-state index in [1.165, 1.54) is 20.1 Å². The van der Waals surface area contributed by atoms with E-state index < -0.39 is 22.0 Å². The Kier molecular flexibility index (Phi) is 8.51. The van der Waals surface area contributed by atoms with Crippen molar-refractivity contribution >= 4 is 56.6 Å². The number of nitrogens with one attached hydrogen (secondary N) is 1.